The van der Waals surface area contributed by atoms with Crippen LogP contribution >= 0.6 is 11.6 Å². The Morgan fingerprint density at radius 2 is 1.69 bits per heavy atom. The van der Waals surface area contributed by atoms with Crippen LogP contribution in [0, 0.1) is 17.5 Å². The molecule has 4 aromatic carbocycles. The molecule has 1 heterocycles. The Kier molecular flexibility index (Phi) is 12.1. The number of aliphatic hydroxyl groups is 1. The number of nitrogens with zero attached hydrogens (tertiary/aromatic N) is 1. The molecule has 9 nitrogen and oxygen atoms in total. The quantitative estimate of drug-likeness (QED) is 0.144. The summed E-state index contributed by atoms with van der Waals surface area (Å²) >= 11 is 6.10. The number of hydrogen-bond donors (Lipinski definition) is 4. The second kappa shape index (κ2) is 16.3. The van der Waals surface area contributed by atoms with Crippen LogP contribution in [0.4, 0.5) is 18.9 Å². The molecule has 0 bridgehead atoms. The van der Waals surface area contributed by atoms with Crippen molar-refractivity contribution in [2.75, 3.05) is 32.1 Å². The van der Waals surface area contributed by atoms with Crippen LogP contribution in [-0.4, -0.2) is 69.0 Å². The van der Waals surface area contributed by atoms with Gasteiger partial charge in [0.05, 0.1) is 4.90 Å². The number of amides is 1. The number of carbonyl (C=O) groups is 1. The van der Waals surface area contributed by atoms with Gasteiger partial charge in [0.25, 0.3) is 0 Å². The Bertz CT molecular complexity index is 1830. The summed E-state index contributed by atoms with van der Waals surface area (Å²) in [4.78, 5) is 14.3. The number of hydrogen-bond acceptors (Lipinski definition) is 7. The molecule has 1 aliphatic heterocycles. The van der Waals surface area contributed by atoms with Crippen LogP contribution in [0.5, 0.6) is 0 Å². The van der Waals surface area contributed by atoms with Crippen LogP contribution < -0.4 is 16.0 Å². The summed E-state index contributed by atoms with van der Waals surface area (Å²) in [5, 5.41) is 19.4. The molecular formula is C35H36ClF3N4O5S. The molecule has 0 aromatic heterocycles. The molecule has 1 aliphatic rings. The first-order valence-corrected chi connectivity index (χ1v) is 17.3. The number of halogens is 4. The molecule has 1 fully saturated rings. The van der Waals surface area contributed by atoms with Gasteiger partial charge in [0.15, 0.2) is 0 Å². The molecule has 4 atom stereocenters. The summed E-state index contributed by atoms with van der Waals surface area (Å²) in [5.74, 6) is -4.25. The average molecular weight is 717 g/mol. The van der Waals surface area contributed by atoms with Crippen molar-refractivity contribution >= 4 is 33.2 Å². The lowest BCUT2D eigenvalue weighted by Crippen LogP contribution is -2.53. The minimum atomic E-state index is -3.83. The van der Waals surface area contributed by atoms with Gasteiger partial charge in [-0.3, -0.25) is 10.1 Å². The first kappa shape index (κ1) is 36.5. The molecule has 49 heavy (non-hydrogen) atoms. The number of methoxy groups -OCH3 is 1. The fraction of sp³-hybridized carbons (Fsp3) is 0.286. The number of anilines is 1. The predicted molar refractivity (Wildman–Crippen MR) is 180 cm³/mol. The zero-order chi connectivity index (χ0) is 35.1. The van der Waals surface area contributed by atoms with E-state index in [0.29, 0.717) is 29.7 Å². The summed E-state index contributed by atoms with van der Waals surface area (Å²) in [5.41, 5.74) is 0.726. The normalized spacial score (nSPS) is 17.3. The number of benzene rings is 4. The largest absolute Gasteiger partial charge is 0.356 e. The van der Waals surface area contributed by atoms with Crippen molar-refractivity contribution in [3.8, 4) is 0 Å². The average Bonchev–Trinajstić information content (AvgIpc) is 3.08. The Labute approximate surface area is 288 Å². The third-order valence-corrected chi connectivity index (χ3v) is 10.6. The van der Waals surface area contributed by atoms with E-state index in [1.54, 1.807) is 42.5 Å². The van der Waals surface area contributed by atoms with Gasteiger partial charge < -0.3 is 20.5 Å². The van der Waals surface area contributed by atoms with Gasteiger partial charge in [-0.25, -0.2) is 21.6 Å². The van der Waals surface area contributed by atoms with Gasteiger partial charge >= 0.3 is 0 Å². The van der Waals surface area contributed by atoms with Crippen LogP contribution in [0.25, 0.3) is 0 Å². The predicted octanol–water partition coefficient (Wildman–Crippen LogP) is 5.00. The van der Waals surface area contributed by atoms with Crippen LogP contribution in [0.1, 0.15) is 29.0 Å². The third kappa shape index (κ3) is 8.86. The zero-order valence-electron chi connectivity index (χ0n) is 26.5. The molecule has 1 unspecified atom stereocenters. The standard InChI is InChI=1S/C35H36ClF3N4O5S/c1-48-35(45)42-33(32(22-10-12-24(36)13-11-22)23-18-25(37)20-26(38)19-23)34(44)41-31-9-5-8-30(39)29(31)15-14-27-21-40-16-17-43(27)49(46,47)28-6-3-2-4-7-28/h2-13,18-20,27,32-33,35,40,42,45H,14-17,21H2,1H3,(H,41,44)/t27-,32-,33-,35?/m0/s1. The molecule has 1 saturated heterocycles. The molecular weight excluding hydrogens is 681 g/mol. The molecule has 0 saturated carbocycles. The summed E-state index contributed by atoms with van der Waals surface area (Å²) in [7, 11) is -2.63. The lowest BCUT2D eigenvalue weighted by molar-refractivity contribution is -0.129. The van der Waals surface area contributed by atoms with E-state index in [4.69, 9.17) is 16.3 Å². The van der Waals surface area contributed by atoms with Gasteiger partial charge in [-0.2, -0.15) is 4.31 Å². The maximum Gasteiger partial charge on any atom is 0.243 e. The highest BCUT2D eigenvalue weighted by atomic mass is 35.5. The number of aliphatic hydroxyl groups excluding tert-OH is 1. The summed E-state index contributed by atoms with van der Waals surface area (Å²) in [6, 6.07) is 19.4. The van der Waals surface area contributed by atoms with Crippen LogP contribution in [-0.2, 0) is 26.0 Å². The van der Waals surface area contributed by atoms with Gasteiger partial charge in [-0.1, -0.05) is 48.0 Å². The van der Waals surface area contributed by atoms with E-state index >= 15 is 4.39 Å². The molecule has 0 spiro atoms. The minimum Gasteiger partial charge on any atom is -0.356 e. The number of carbonyl (C=O) groups excluding carboxylic acids is 1. The number of nitrogens with one attached hydrogen (secondary N) is 3. The van der Waals surface area contributed by atoms with E-state index in [1.165, 1.54) is 41.7 Å². The first-order chi connectivity index (χ1) is 23.5. The van der Waals surface area contributed by atoms with E-state index in [9.17, 15) is 27.1 Å². The Balaban J connectivity index is 1.45. The van der Waals surface area contributed by atoms with Gasteiger partial charge in [-0.05, 0) is 72.5 Å². The highest BCUT2D eigenvalue weighted by molar-refractivity contribution is 7.89. The van der Waals surface area contributed by atoms with E-state index < -0.39 is 57.8 Å². The SMILES string of the molecule is COC(O)N[C@H](C(=O)Nc1cccc(F)c1CC[C@H]1CNCCN1S(=O)(=O)c1ccccc1)[C@@H](c1ccc(Cl)cc1)c1cc(F)cc(F)c1. The van der Waals surface area contributed by atoms with Gasteiger partial charge in [0.2, 0.25) is 22.3 Å². The summed E-state index contributed by atoms with van der Waals surface area (Å²) < 4.78 is 77.9. The monoisotopic (exact) mass is 716 g/mol. The topological polar surface area (TPSA) is 120 Å². The number of rotatable bonds is 13. The molecule has 14 heteroatoms. The van der Waals surface area contributed by atoms with Gasteiger partial charge in [0, 0.05) is 61.0 Å². The summed E-state index contributed by atoms with van der Waals surface area (Å²) in [6.45, 7) is 1.02. The van der Waals surface area contributed by atoms with Gasteiger partial charge in [-0.15, -0.1) is 0 Å². The van der Waals surface area contributed by atoms with E-state index in [1.807, 2.05) is 0 Å². The van der Waals surface area contributed by atoms with Crippen LogP contribution in [0.2, 0.25) is 5.02 Å². The zero-order valence-corrected chi connectivity index (χ0v) is 28.0. The van der Waals surface area contributed by atoms with E-state index in [-0.39, 0.29) is 41.1 Å². The molecule has 5 rings (SSSR count). The lowest BCUT2D eigenvalue weighted by Gasteiger charge is -2.35. The highest BCUT2D eigenvalue weighted by Gasteiger charge is 2.35. The fourth-order valence-electron chi connectivity index (χ4n) is 6.03. The third-order valence-electron chi connectivity index (χ3n) is 8.38. The molecule has 1 amide bonds. The molecule has 0 aliphatic carbocycles. The van der Waals surface area contributed by atoms with Crippen molar-refractivity contribution in [3.63, 3.8) is 0 Å². The first-order valence-electron chi connectivity index (χ1n) is 15.5. The van der Waals surface area contributed by atoms with Crippen LogP contribution in [0.15, 0.2) is 95.9 Å². The number of ether oxygens (including phenoxy) is 1. The van der Waals surface area contributed by atoms with Crippen molar-refractivity contribution in [1.82, 2.24) is 14.9 Å². The lowest BCUT2D eigenvalue weighted by atomic mass is 9.84. The molecule has 0 radical (unpaired) electrons. The Morgan fingerprint density at radius 3 is 2.37 bits per heavy atom. The van der Waals surface area contributed by atoms with Crippen molar-refractivity contribution < 1.29 is 36.2 Å². The Morgan fingerprint density at radius 1 is 1.00 bits per heavy atom. The second-order valence-electron chi connectivity index (χ2n) is 11.5. The smallest absolute Gasteiger partial charge is 0.243 e. The van der Waals surface area contributed by atoms with Crippen molar-refractivity contribution in [2.24, 2.45) is 0 Å². The highest BCUT2D eigenvalue weighted by Crippen LogP contribution is 2.32. The van der Waals surface area contributed by atoms with E-state index in [0.717, 1.165) is 12.1 Å². The van der Waals surface area contributed by atoms with E-state index in [2.05, 4.69) is 16.0 Å². The minimum absolute atomic E-state index is 0.0595. The number of piperazine rings is 1. The fourth-order valence-corrected chi connectivity index (χ4v) is 7.83. The molecule has 4 aromatic rings. The maximum absolute atomic E-state index is 15.5. The molecule has 4 N–H and O–H groups in total. The molecule has 260 valence electrons. The van der Waals surface area contributed by atoms with Crippen LogP contribution in [0.3, 0.4) is 0 Å². The Hall–Kier alpha value is -3.82. The van der Waals surface area contributed by atoms with Crippen molar-refractivity contribution in [3.05, 3.63) is 130 Å². The number of sulfonamides is 1. The second-order valence-corrected chi connectivity index (χ2v) is 13.9. The maximum atomic E-state index is 15.5. The van der Waals surface area contributed by atoms with Crippen molar-refractivity contribution in [1.29, 1.82) is 0 Å². The van der Waals surface area contributed by atoms with Crippen molar-refractivity contribution in [2.45, 2.75) is 42.2 Å². The van der Waals surface area contributed by atoms with Gasteiger partial charge in [0.1, 0.15) is 23.5 Å². The summed E-state index contributed by atoms with van der Waals surface area (Å²) in [6.07, 6.45) is -1.39.